The van der Waals surface area contributed by atoms with Crippen molar-refractivity contribution in [2.24, 2.45) is 0 Å². The Hall–Kier alpha value is -3.03. The molecule has 1 atom stereocenters. The molecule has 0 radical (unpaired) electrons. The van der Waals surface area contributed by atoms with Gasteiger partial charge in [0.05, 0.1) is 23.2 Å². The molecule has 9 heteroatoms. The second kappa shape index (κ2) is 8.01. The number of aromatic nitrogens is 3. The molecule has 0 aliphatic heterocycles. The highest BCUT2D eigenvalue weighted by molar-refractivity contribution is 6.36. The highest BCUT2D eigenvalue weighted by Crippen LogP contribution is 2.36. The number of nitrogens with two attached hydrogens (primary N) is 1. The second-order valence-electron chi connectivity index (χ2n) is 6.57. The Morgan fingerprint density at radius 1 is 1.10 bits per heavy atom. The van der Waals surface area contributed by atoms with Crippen LogP contribution in [0, 0.1) is 5.82 Å². The zero-order valence-corrected chi connectivity index (χ0v) is 17.6. The number of hydrogen-bond acceptors (Lipinski definition) is 5. The van der Waals surface area contributed by atoms with Gasteiger partial charge in [-0.05, 0) is 43.3 Å². The molecule has 30 heavy (non-hydrogen) atoms. The van der Waals surface area contributed by atoms with Gasteiger partial charge >= 0.3 is 0 Å². The van der Waals surface area contributed by atoms with Crippen molar-refractivity contribution in [3.05, 3.63) is 63.9 Å². The lowest BCUT2D eigenvalue weighted by atomic mass is 10.1. The van der Waals surface area contributed by atoms with E-state index in [2.05, 4.69) is 15.0 Å². The van der Waals surface area contributed by atoms with Crippen molar-refractivity contribution in [1.29, 1.82) is 0 Å². The van der Waals surface area contributed by atoms with Crippen LogP contribution in [0.2, 0.25) is 10.0 Å². The number of hydrogen-bond donors (Lipinski definition) is 2. The van der Waals surface area contributed by atoms with Crippen LogP contribution in [-0.4, -0.2) is 22.1 Å². The smallest absolute Gasteiger partial charge is 0.166 e. The molecular formula is C21H17Cl2FN4O2. The number of rotatable bonds is 5. The topological polar surface area (TPSA) is 86.1 Å². The van der Waals surface area contributed by atoms with Crippen LogP contribution in [0.15, 0.2) is 42.5 Å². The maximum atomic E-state index is 13.8. The maximum absolute atomic E-state index is 13.8. The molecule has 0 amide bonds. The third kappa shape index (κ3) is 3.74. The van der Waals surface area contributed by atoms with E-state index in [1.54, 1.807) is 26.2 Å². The van der Waals surface area contributed by atoms with Gasteiger partial charge in [-0.3, -0.25) is 0 Å². The second-order valence-corrected chi connectivity index (χ2v) is 7.35. The molecule has 2 aromatic heterocycles. The van der Waals surface area contributed by atoms with Gasteiger partial charge in [0.1, 0.15) is 23.4 Å². The highest BCUT2D eigenvalue weighted by atomic mass is 35.5. The molecule has 0 bridgehead atoms. The van der Waals surface area contributed by atoms with E-state index in [0.717, 1.165) is 16.8 Å². The molecule has 154 valence electrons. The molecule has 4 rings (SSSR count). The Kier molecular flexibility index (Phi) is 5.40. The van der Waals surface area contributed by atoms with Crippen LogP contribution in [0.25, 0.3) is 22.6 Å². The fourth-order valence-corrected chi connectivity index (χ4v) is 3.77. The molecule has 0 aliphatic rings. The number of benzene rings is 2. The van der Waals surface area contributed by atoms with E-state index in [4.69, 9.17) is 38.4 Å². The summed E-state index contributed by atoms with van der Waals surface area (Å²) < 4.78 is 24.9. The van der Waals surface area contributed by atoms with Gasteiger partial charge in [0.2, 0.25) is 0 Å². The number of fused-ring (bicyclic) bond motifs is 1. The Balaban J connectivity index is 1.62. The first-order valence-corrected chi connectivity index (χ1v) is 9.73. The maximum Gasteiger partial charge on any atom is 0.166 e. The summed E-state index contributed by atoms with van der Waals surface area (Å²) in [5.41, 5.74) is 8.57. The van der Waals surface area contributed by atoms with Crippen LogP contribution in [0.5, 0.6) is 11.5 Å². The average Bonchev–Trinajstić information content (AvgIpc) is 3.15. The van der Waals surface area contributed by atoms with Gasteiger partial charge in [-0.15, -0.1) is 0 Å². The molecule has 3 N–H and O–H groups in total. The largest absolute Gasteiger partial charge is 0.497 e. The molecule has 1 unspecified atom stereocenters. The van der Waals surface area contributed by atoms with Gasteiger partial charge in [0.15, 0.2) is 17.4 Å². The Bertz CT molecular complexity index is 1250. The van der Waals surface area contributed by atoms with Gasteiger partial charge in [0.25, 0.3) is 0 Å². The van der Waals surface area contributed by atoms with Crippen LogP contribution < -0.4 is 15.2 Å². The van der Waals surface area contributed by atoms with Crippen LogP contribution in [0.3, 0.4) is 0 Å². The Morgan fingerprint density at radius 2 is 1.90 bits per heavy atom. The van der Waals surface area contributed by atoms with Crippen molar-refractivity contribution in [1.82, 2.24) is 15.0 Å². The van der Waals surface area contributed by atoms with Crippen molar-refractivity contribution in [3.8, 4) is 23.0 Å². The third-order valence-electron chi connectivity index (χ3n) is 4.61. The van der Waals surface area contributed by atoms with Crippen LogP contribution in [-0.2, 0) is 0 Å². The molecular weight excluding hydrogens is 430 g/mol. The summed E-state index contributed by atoms with van der Waals surface area (Å²) in [6, 6.07) is 11.6. The van der Waals surface area contributed by atoms with E-state index in [9.17, 15) is 4.39 Å². The molecule has 2 heterocycles. The number of ether oxygens (including phenoxy) is 2. The number of nitrogen functional groups attached to an aromatic ring is 1. The molecule has 0 aliphatic carbocycles. The standard InChI is InChI=1S/C21H17Cl2FN4O2/c1-10(18-12(22)4-5-13(24)19(18)23)30-17-8-7-15(26-20(17)25)21-27-14-6-3-11(29-2)9-16(14)28-21/h3-10H,1-2H3,(H2,25,26)(H,27,28). The number of aromatic amines is 1. The fraction of sp³-hybridized carbons (Fsp3) is 0.143. The molecule has 0 spiro atoms. The third-order valence-corrected chi connectivity index (χ3v) is 5.32. The van der Waals surface area contributed by atoms with Crippen molar-refractivity contribution in [2.45, 2.75) is 13.0 Å². The number of nitrogens with zero attached hydrogens (tertiary/aromatic N) is 2. The summed E-state index contributed by atoms with van der Waals surface area (Å²) in [7, 11) is 1.60. The van der Waals surface area contributed by atoms with E-state index in [1.165, 1.54) is 12.1 Å². The van der Waals surface area contributed by atoms with Gasteiger partial charge in [0, 0.05) is 16.7 Å². The van der Waals surface area contributed by atoms with Crippen molar-refractivity contribution >= 4 is 40.1 Å². The summed E-state index contributed by atoms with van der Waals surface area (Å²) in [6.07, 6.45) is -0.644. The van der Waals surface area contributed by atoms with E-state index in [0.29, 0.717) is 27.9 Å². The number of H-pyrrole nitrogens is 1. The highest BCUT2D eigenvalue weighted by Gasteiger charge is 2.20. The summed E-state index contributed by atoms with van der Waals surface area (Å²) in [6.45, 7) is 1.70. The van der Waals surface area contributed by atoms with Gasteiger partial charge in [-0.25, -0.2) is 14.4 Å². The lowest BCUT2D eigenvalue weighted by molar-refractivity contribution is 0.227. The van der Waals surface area contributed by atoms with Crippen LogP contribution >= 0.6 is 23.2 Å². The number of imidazole rings is 1. The minimum atomic E-state index is -0.644. The zero-order valence-electron chi connectivity index (χ0n) is 16.0. The zero-order chi connectivity index (χ0) is 21.4. The van der Waals surface area contributed by atoms with E-state index < -0.39 is 11.9 Å². The van der Waals surface area contributed by atoms with E-state index in [-0.39, 0.29) is 10.8 Å². The fourth-order valence-electron chi connectivity index (χ4n) is 3.10. The Morgan fingerprint density at radius 3 is 2.63 bits per heavy atom. The lowest BCUT2D eigenvalue weighted by Crippen LogP contribution is -2.08. The average molecular weight is 447 g/mol. The van der Waals surface area contributed by atoms with Crippen molar-refractivity contribution < 1.29 is 13.9 Å². The first-order valence-electron chi connectivity index (χ1n) is 8.98. The Labute approximate surface area is 181 Å². The molecule has 0 fully saturated rings. The molecule has 0 saturated heterocycles. The summed E-state index contributed by atoms with van der Waals surface area (Å²) >= 11 is 12.2. The monoisotopic (exact) mass is 446 g/mol. The predicted molar refractivity (Wildman–Crippen MR) is 116 cm³/mol. The van der Waals surface area contributed by atoms with Crippen molar-refractivity contribution in [3.63, 3.8) is 0 Å². The lowest BCUT2D eigenvalue weighted by Gasteiger charge is -2.19. The van der Waals surface area contributed by atoms with Crippen LogP contribution in [0.4, 0.5) is 10.2 Å². The normalized spacial score (nSPS) is 12.2. The predicted octanol–water partition coefficient (Wildman–Crippen LogP) is 5.80. The van der Waals surface area contributed by atoms with Crippen molar-refractivity contribution in [2.75, 3.05) is 12.8 Å². The minimum absolute atomic E-state index is 0.0872. The van der Waals surface area contributed by atoms with Gasteiger partial charge in [-0.1, -0.05) is 23.2 Å². The van der Waals surface area contributed by atoms with E-state index >= 15 is 0 Å². The number of halogens is 3. The SMILES string of the molecule is COc1ccc2nc(-c3ccc(OC(C)c4c(Cl)ccc(F)c4Cl)c(N)n3)[nH]c2c1. The first kappa shape index (κ1) is 20.3. The number of nitrogens with one attached hydrogen (secondary N) is 1. The van der Waals surface area contributed by atoms with Crippen LogP contribution in [0.1, 0.15) is 18.6 Å². The number of pyridine rings is 1. The molecule has 2 aromatic carbocycles. The first-order chi connectivity index (χ1) is 14.4. The summed E-state index contributed by atoms with van der Waals surface area (Å²) in [5.74, 6) is 1.18. The van der Waals surface area contributed by atoms with Gasteiger partial charge < -0.3 is 20.2 Å². The summed E-state index contributed by atoms with van der Waals surface area (Å²) in [5, 5.41) is 0.214. The molecule has 6 nitrogen and oxygen atoms in total. The molecule has 4 aromatic rings. The quantitative estimate of drug-likeness (QED) is 0.378. The number of methoxy groups -OCH3 is 1. The summed E-state index contributed by atoms with van der Waals surface area (Å²) in [4.78, 5) is 12.1. The van der Waals surface area contributed by atoms with Gasteiger partial charge in [-0.2, -0.15) is 0 Å². The molecule has 0 saturated carbocycles. The minimum Gasteiger partial charge on any atom is -0.497 e. The number of anilines is 1. The van der Waals surface area contributed by atoms with E-state index in [1.807, 2.05) is 18.2 Å².